The highest BCUT2D eigenvalue weighted by molar-refractivity contribution is 5.42. The molecule has 1 aliphatic rings. The van der Waals surface area contributed by atoms with E-state index in [1.807, 2.05) is 12.1 Å². The molecule has 2 unspecified atom stereocenters. The first-order valence-corrected chi connectivity index (χ1v) is 9.05. The Bertz CT molecular complexity index is 505. The highest BCUT2D eigenvalue weighted by Gasteiger charge is 2.30. The van der Waals surface area contributed by atoms with Crippen molar-refractivity contribution >= 4 is 0 Å². The lowest BCUT2D eigenvalue weighted by atomic mass is 9.99. The van der Waals surface area contributed by atoms with Crippen LogP contribution in [0.3, 0.4) is 0 Å². The largest absolute Gasteiger partial charge is 0.497 e. The molecule has 1 fully saturated rings. The van der Waals surface area contributed by atoms with Crippen LogP contribution >= 0.6 is 0 Å². The van der Waals surface area contributed by atoms with Crippen LogP contribution in [0.25, 0.3) is 0 Å². The third-order valence-corrected chi connectivity index (χ3v) is 5.07. The lowest BCUT2D eigenvalue weighted by Gasteiger charge is -2.42. The second-order valence-electron chi connectivity index (χ2n) is 6.40. The third-order valence-electron chi connectivity index (χ3n) is 5.07. The molecule has 0 bridgehead atoms. The van der Waals surface area contributed by atoms with Crippen molar-refractivity contribution in [2.24, 2.45) is 0 Å². The molecule has 24 heavy (non-hydrogen) atoms. The molecule has 1 aromatic rings. The molecule has 0 radical (unpaired) electrons. The monoisotopic (exact) mass is 335 g/mol. The van der Waals surface area contributed by atoms with E-state index >= 15 is 0 Å². The number of benzene rings is 1. The molecule has 5 nitrogen and oxygen atoms in total. The van der Waals surface area contributed by atoms with Crippen molar-refractivity contribution in [2.45, 2.75) is 32.9 Å². The van der Waals surface area contributed by atoms with E-state index < -0.39 is 0 Å². The standard InChI is InChI=1S/C19H33N3O2/c1-6-21(7-2)14-18(22-11-10-20-13-15(22)3)17-12-16(23-4)8-9-19(17)24-5/h8-9,12,15,18,20H,6-7,10-11,13-14H2,1-5H3. The van der Waals surface area contributed by atoms with Crippen molar-refractivity contribution in [3.63, 3.8) is 0 Å². The zero-order valence-corrected chi connectivity index (χ0v) is 15.8. The number of hydrogen-bond donors (Lipinski definition) is 1. The first-order chi connectivity index (χ1) is 11.6. The molecule has 1 N–H and O–H groups in total. The van der Waals surface area contributed by atoms with Gasteiger partial charge in [0, 0.05) is 37.8 Å². The molecular weight excluding hydrogens is 302 g/mol. The minimum Gasteiger partial charge on any atom is -0.497 e. The molecule has 1 heterocycles. The first-order valence-electron chi connectivity index (χ1n) is 9.05. The molecule has 0 aromatic heterocycles. The van der Waals surface area contributed by atoms with Crippen LogP contribution in [0, 0.1) is 0 Å². The molecule has 1 saturated heterocycles. The minimum atomic E-state index is 0.298. The lowest BCUT2D eigenvalue weighted by Crippen LogP contribution is -2.53. The number of likely N-dealkylation sites (N-methyl/N-ethyl adjacent to an activating group) is 1. The SMILES string of the molecule is CCN(CC)CC(c1cc(OC)ccc1OC)N1CCNCC1C. The van der Waals surface area contributed by atoms with Gasteiger partial charge >= 0.3 is 0 Å². The summed E-state index contributed by atoms with van der Waals surface area (Å²) in [6.45, 7) is 13.0. The number of nitrogens with one attached hydrogen (secondary N) is 1. The van der Waals surface area contributed by atoms with Crippen LogP contribution in [0.2, 0.25) is 0 Å². The highest BCUT2D eigenvalue weighted by Crippen LogP contribution is 2.34. The van der Waals surface area contributed by atoms with E-state index in [9.17, 15) is 0 Å². The average Bonchev–Trinajstić information content (AvgIpc) is 2.63. The maximum atomic E-state index is 5.68. The summed E-state index contributed by atoms with van der Waals surface area (Å²) in [6.07, 6.45) is 0. The van der Waals surface area contributed by atoms with Crippen molar-refractivity contribution in [3.05, 3.63) is 23.8 Å². The highest BCUT2D eigenvalue weighted by atomic mass is 16.5. The van der Waals surface area contributed by atoms with Gasteiger partial charge in [0.05, 0.1) is 20.3 Å². The van der Waals surface area contributed by atoms with E-state index in [0.717, 1.165) is 50.8 Å². The quantitative estimate of drug-likeness (QED) is 0.789. The first kappa shape index (κ1) is 19.0. The number of piperazine rings is 1. The van der Waals surface area contributed by atoms with Gasteiger partial charge < -0.3 is 19.7 Å². The zero-order valence-electron chi connectivity index (χ0n) is 15.8. The molecule has 5 heteroatoms. The van der Waals surface area contributed by atoms with Crippen molar-refractivity contribution in [1.82, 2.24) is 15.1 Å². The molecule has 136 valence electrons. The van der Waals surface area contributed by atoms with Gasteiger partial charge in [-0.1, -0.05) is 13.8 Å². The summed E-state index contributed by atoms with van der Waals surface area (Å²) >= 11 is 0. The van der Waals surface area contributed by atoms with Gasteiger partial charge in [0.2, 0.25) is 0 Å². The Morgan fingerprint density at radius 2 is 2.00 bits per heavy atom. The van der Waals surface area contributed by atoms with Crippen LogP contribution in [0.4, 0.5) is 0 Å². The lowest BCUT2D eigenvalue weighted by molar-refractivity contribution is 0.0855. The number of nitrogens with zero attached hydrogens (tertiary/aromatic N) is 2. The summed E-state index contributed by atoms with van der Waals surface area (Å²) in [7, 11) is 3.47. The Labute approximate surface area is 146 Å². The summed E-state index contributed by atoms with van der Waals surface area (Å²) < 4.78 is 11.2. The Balaban J connectivity index is 2.40. The average molecular weight is 335 g/mol. The summed E-state index contributed by atoms with van der Waals surface area (Å²) in [6, 6.07) is 6.93. The third kappa shape index (κ3) is 4.41. The fraction of sp³-hybridized carbons (Fsp3) is 0.684. The van der Waals surface area contributed by atoms with E-state index in [1.165, 1.54) is 5.56 Å². The van der Waals surface area contributed by atoms with Gasteiger partial charge in [-0.2, -0.15) is 0 Å². The number of rotatable bonds is 8. The molecule has 2 atom stereocenters. The molecule has 1 aromatic carbocycles. The van der Waals surface area contributed by atoms with Crippen LogP contribution in [0.15, 0.2) is 18.2 Å². The van der Waals surface area contributed by atoms with Crippen molar-refractivity contribution in [1.29, 1.82) is 0 Å². The summed E-state index contributed by atoms with van der Waals surface area (Å²) in [5.41, 5.74) is 1.22. The van der Waals surface area contributed by atoms with Crippen LogP contribution in [-0.4, -0.2) is 69.3 Å². The number of methoxy groups -OCH3 is 2. The van der Waals surface area contributed by atoms with Gasteiger partial charge in [0.1, 0.15) is 11.5 Å². The van der Waals surface area contributed by atoms with Crippen molar-refractivity contribution in [2.75, 3.05) is 53.5 Å². The second-order valence-corrected chi connectivity index (χ2v) is 6.40. The van der Waals surface area contributed by atoms with Gasteiger partial charge in [-0.25, -0.2) is 0 Å². The van der Waals surface area contributed by atoms with Gasteiger partial charge in [0.25, 0.3) is 0 Å². The van der Waals surface area contributed by atoms with Gasteiger partial charge in [0.15, 0.2) is 0 Å². The summed E-state index contributed by atoms with van der Waals surface area (Å²) in [5, 5.41) is 3.49. The maximum Gasteiger partial charge on any atom is 0.123 e. The normalized spacial score (nSPS) is 20.2. The van der Waals surface area contributed by atoms with E-state index in [4.69, 9.17) is 9.47 Å². The molecule has 0 aliphatic carbocycles. The van der Waals surface area contributed by atoms with E-state index in [0.29, 0.717) is 12.1 Å². The Kier molecular flexibility index (Phi) is 7.34. The molecule has 1 aliphatic heterocycles. The van der Waals surface area contributed by atoms with E-state index in [-0.39, 0.29) is 0 Å². The van der Waals surface area contributed by atoms with E-state index in [1.54, 1.807) is 14.2 Å². The molecular formula is C19H33N3O2. The Hall–Kier alpha value is -1.30. The molecule has 0 amide bonds. The minimum absolute atomic E-state index is 0.298. The van der Waals surface area contributed by atoms with Crippen LogP contribution in [0.5, 0.6) is 11.5 Å². The predicted octanol–water partition coefficient (Wildman–Crippen LogP) is 2.38. The maximum absolute atomic E-state index is 5.68. The Morgan fingerprint density at radius 3 is 2.58 bits per heavy atom. The number of ether oxygens (including phenoxy) is 2. The zero-order chi connectivity index (χ0) is 17.5. The van der Waals surface area contributed by atoms with Crippen LogP contribution < -0.4 is 14.8 Å². The fourth-order valence-electron chi connectivity index (χ4n) is 3.53. The van der Waals surface area contributed by atoms with E-state index in [2.05, 4.69) is 42.0 Å². The van der Waals surface area contributed by atoms with Gasteiger partial charge in [-0.15, -0.1) is 0 Å². The molecule has 0 spiro atoms. The van der Waals surface area contributed by atoms with Gasteiger partial charge in [-0.05, 0) is 38.2 Å². The number of hydrogen-bond acceptors (Lipinski definition) is 5. The topological polar surface area (TPSA) is 37.0 Å². The van der Waals surface area contributed by atoms with Crippen molar-refractivity contribution in [3.8, 4) is 11.5 Å². The smallest absolute Gasteiger partial charge is 0.123 e. The second kappa shape index (κ2) is 9.25. The van der Waals surface area contributed by atoms with Crippen LogP contribution in [-0.2, 0) is 0 Å². The van der Waals surface area contributed by atoms with Crippen molar-refractivity contribution < 1.29 is 9.47 Å². The summed E-state index contributed by atoms with van der Waals surface area (Å²) in [5.74, 6) is 1.83. The van der Waals surface area contributed by atoms with Crippen LogP contribution in [0.1, 0.15) is 32.4 Å². The van der Waals surface area contributed by atoms with Gasteiger partial charge in [-0.3, -0.25) is 4.90 Å². The molecule has 0 saturated carbocycles. The Morgan fingerprint density at radius 1 is 1.25 bits per heavy atom. The fourth-order valence-corrected chi connectivity index (χ4v) is 3.53. The predicted molar refractivity (Wildman–Crippen MR) is 99.1 cm³/mol. The molecule has 2 rings (SSSR count). The summed E-state index contributed by atoms with van der Waals surface area (Å²) in [4.78, 5) is 5.09.